The first-order chi connectivity index (χ1) is 13.8. The number of pyridine rings is 1. The Bertz CT molecular complexity index is 1060. The minimum atomic E-state index is 0.0537. The zero-order valence-corrected chi connectivity index (χ0v) is 17.9. The summed E-state index contributed by atoms with van der Waals surface area (Å²) in [4.78, 5) is 21.3. The molecule has 4 heterocycles. The largest absolute Gasteiger partial charge is 0.492 e. The van der Waals surface area contributed by atoms with Crippen molar-refractivity contribution < 1.29 is 9.53 Å². The van der Waals surface area contributed by atoms with Crippen LogP contribution in [-0.2, 0) is 11.8 Å². The number of aromatic amines is 1. The second-order valence-electron chi connectivity index (χ2n) is 8.51. The quantitative estimate of drug-likeness (QED) is 0.732. The van der Waals surface area contributed by atoms with Crippen LogP contribution in [0.2, 0.25) is 0 Å². The van der Waals surface area contributed by atoms with Crippen molar-refractivity contribution in [2.24, 2.45) is 12.5 Å². The second kappa shape index (κ2) is 7.21. The lowest BCUT2D eigenvalue weighted by Crippen LogP contribution is -2.43. The maximum Gasteiger partial charge on any atom is 0.219 e. The van der Waals surface area contributed by atoms with Crippen molar-refractivity contribution in [3.63, 3.8) is 0 Å². The molecule has 154 valence electrons. The van der Waals surface area contributed by atoms with Crippen LogP contribution in [0, 0.1) is 19.3 Å². The maximum atomic E-state index is 11.6. The standard InChI is InChI=1S/C22H29N5O2/c1-14-19(15(2)26(5)25-14)17-12-24-21-20(17)18(6-9-23-21)29-13-22(4)7-10-27(11-8-22)16(3)28/h6,9,12H,7-8,10-11,13H2,1-5H3,(H,23,24). The average molecular weight is 396 g/mol. The van der Waals surface area contributed by atoms with Crippen LogP contribution >= 0.6 is 0 Å². The van der Waals surface area contributed by atoms with Crippen molar-refractivity contribution in [3.8, 4) is 16.9 Å². The van der Waals surface area contributed by atoms with E-state index in [2.05, 4.69) is 28.9 Å². The molecule has 0 radical (unpaired) electrons. The van der Waals surface area contributed by atoms with Crippen LogP contribution < -0.4 is 4.74 Å². The lowest BCUT2D eigenvalue weighted by atomic mass is 9.81. The lowest BCUT2D eigenvalue weighted by Gasteiger charge is -2.38. The van der Waals surface area contributed by atoms with Crippen LogP contribution in [0.25, 0.3) is 22.2 Å². The molecule has 0 aliphatic carbocycles. The highest BCUT2D eigenvalue weighted by Gasteiger charge is 2.32. The number of nitrogens with zero attached hydrogens (tertiary/aromatic N) is 4. The minimum absolute atomic E-state index is 0.0537. The Hall–Kier alpha value is -2.83. The topological polar surface area (TPSA) is 76.0 Å². The molecule has 0 atom stereocenters. The van der Waals surface area contributed by atoms with Gasteiger partial charge in [-0.05, 0) is 32.8 Å². The van der Waals surface area contributed by atoms with E-state index in [-0.39, 0.29) is 11.3 Å². The first-order valence-corrected chi connectivity index (χ1v) is 10.1. The Kier molecular flexibility index (Phi) is 4.84. The van der Waals surface area contributed by atoms with Gasteiger partial charge in [0.1, 0.15) is 11.4 Å². The number of H-pyrrole nitrogens is 1. The predicted molar refractivity (Wildman–Crippen MR) is 113 cm³/mol. The molecule has 0 spiro atoms. The number of fused-ring (bicyclic) bond motifs is 1. The van der Waals surface area contributed by atoms with Crippen molar-refractivity contribution in [2.75, 3.05) is 19.7 Å². The number of rotatable bonds is 4. The smallest absolute Gasteiger partial charge is 0.219 e. The highest BCUT2D eigenvalue weighted by Crippen LogP contribution is 2.39. The van der Waals surface area contributed by atoms with Crippen LogP contribution in [0.3, 0.4) is 0 Å². The number of amides is 1. The maximum absolute atomic E-state index is 11.6. The van der Waals surface area contributed by atoms with E-state index in [1.54, 1.807) is 13.1 Å². The van der Waals surface area contributed by atoms with E-state index >= 15 is 0 Å². The fourth-order valence-electron chi connectivity index (χ4n) is 4.27. The molecule has 1 amide bonds. The Morgan fingerprint density at radius 1 is 1.31 bits per heavy atom. The Balaban J connectivity index is 1.62. The molecule has 0 bridgehead atoms. The molecular weight excluding hydrogens is 366 g/mol. The van der Waals surface area contributed by atoms with E-state index < -0.39 is 0 Å². The first-order valence-electron chi connectivity index (χ1n) is 10.1. The third kappa shape index (κ3) is 3.50. The number of carbonyl (C=O) groups is 1. The third-order valence-electron chi connectivity index (χ3n) is 6.31. The van der Waals surface area contributed by atoms with Crippen LogP contribution in [0.5, 0.6) is 5.75 Å². The summed E-state index contributed by atoms with van der Waals surface area (Å²) >= 11 is 0. The molecule has 0 aromatic carbocycles. The molecule has 1 saturated heterocycles. The second-order valence-corrected chi connectivity index (χ2v) is 8.51. The summed E-state index contributed by atoms with van der Waals surface area (Å²) in [7, 11) is 1.96. The van der Waals surface area contributed by atoms with Crippen LogP contribution in [0.1, 0.15) is 38.1 Å². The molecule has 1 fully saturated rings. The van der Waals surface area contributed by atoms with Crippen molar-refractivity contribution >= 4 is 16.9 Å². The predicted octanol–water partition coefficient (Wildman–Crippen LogP) is 3.61. The van der Waals surface area contributed by atoms with Crippen molar-refractivity contribution in [3.05, 3.63) is 29.8 Å². The van der Waals surface area contributed by atoms with Crippen molar-refractivity contribution in [2.45, 2.75) is 40.5 Å². The summed E-state index contributed by atoms with van der Waals surface area (Å²) in [5, 5.41) is 5.56. The van der Waals surface area contributed by atoms with Gasteiger partial charge < -0.3 is 14.6 Å². The zero-order valence-electron chi connectivity index (χ0n) is 17.9. The number of aromatic nitrogens is 4. The zero-order chi connectivity index (χ0) is 20.8. The minimum Gasteiger partial charge on any atom is -0.492 e. The number of likely N-dealkylation sites (tertiary alicyclic amines) is 1. The van der Waals surface area contributed by atoms with E-state index in [4.69, 9.17) is 4.74 Å². The molecule has 1 aliphatic rings. The summed E-state index contributed by atoms with van der Waals surface area (Å²) in [5.41, 5.74) is 5.17. The van der Waals surface area contributed by atoms with Gasteiger partial charge in [-0.3, -0.25) is 9.48 Å². The summed E-state index contributed by atoms with van der Waals surface area (Å²) in [6, 6.07) is 1.94. The number of hydrogen-bond acceptors (Lipinski definition) is 4. The van der Waals surface area contributed by atoms with Gasteiger partial charge >= 0.3 is 0 Å². The van der Waals surface area contributed by atoms with Crippen LogP contribution in [0.15, 0.2) is 18.5 Å². The number of hydrogen-bond donors (Lipinski definition) is 1. The van der Waals surface area contributed by atoms with Gasteiger partial charge in [-0.2, -0.15) is 5.10 Å². The van der Waals surface area contributed by atoms with Gasteiger partial charge in [0.05, 0.1) is 17.7 Å². The molecule has 3 aromatic rings. The number of piperidine rings is 1. The van der Waals surface area contributed by atoms with Gasteiger partial charge in [0, 0.05) is 61.7 Å². The molecule has 1 aliphatic heterocycles. The SMILES string of the molecule is CC(=O)N1CCC(C)(COc2ccnc3[nH]cc(-c4c(C)nn(C)c4C)c23)CC1. The molecule has 29 heavy (non-hydrogen) atoms. The number of ether oxygens (including phenoxy) is 1. The van der Waals surface area contributed by atoms with E-state index in [1.165, 1.54) is 0 Å². The van der Waals surface area contributed by atoms with Gasteiger partial charge in [-0.15, -0.1) is 0 Å². The lowest BCUT2D eigenvalue weighted by molar-refractivity contribution is -0.131. The summed E-state index contributed by atoms with van der Waals surface area (Å²) < 4.78 is 8.28. The Morgan fingerprint density at radius 3 is 2.66 bits per heavy atom. The Labute approximate surface area is 171 Å². The van der Waals surface area contributed by atoms with Gasteiger partial charge in [0.15, 0.2) is 0 Å². The van der Waals surface area contributed by atoms with Gasteiger partial charge in [0.2, 0.25) is 5.91 Å². The summed E-state index contributed by atoms with van der Waals surface area (Å²) in [6.07, 6.45) is 5.67. The van der Waals surface area contributed by atoms with Crippen molar-refractivity contribution in [1.29, 1.82) is 0 Å². The normalized spacial score (nSPS) is 16.4. The van der Waals surface area contributed by atoms with E-state index in [0.717, 1.165) is 65.2 Å². The van der Waals surface area contributed by atoms with E-state index in [1.807, 2.05) is 35.8 Å². The highest BCUT2D eigenvalue weighted by molar-refractivity contribution is 5.99. The Morgan fingerprint density at radius 2 is 2.03 bits per heavy atom. The van der Waals surface area contributed by atoms with E-state index in [9.17, 15) is 4.79 Å². The molecule has 3 aromatic heterocycles. The van der Waals surface area contributed by atoms with E-state index in [0.29, 0.717) is 6.61 Å². The number of aryl methyl sites for hydroxylation is 2. The monoisotopic (exact) mass is 395 g/mol. The molecule has 0 saturated carbocycles. The van der Waals surface area contributed by atoms with Gasteiger partial charge in [-0.1, -0.05) is 6.92 Å². The van der Waals surface area contributed by atoms with Crippen LogP contribution in [0.4, 0.5) is 0 Å². The summed E-state index contributed by atoms with van der Waals surface area (Å²) in [6.45, 7) is 10.2. The van der Waals surface area contributed by atoms with Crippen LogP contribution in [-0.4, -0.2) is 50.3 Å². The first kappa shape index (κ1) is 19.5. The molecule has 7 nitrogen and oxygen atoms in total. The number of carbonyl (C=O) groups excluding carboxylic acids is 1. The van der Waals surface area contributed by atoms with Gasteiger partial charge in [-0.25, -0.2) is 4.98 Å². The molecule has 7 heteroatoms. The third-order valence-corrected chi connectivity index (χ3v) is 6.31. The molecule has 1 N–H and O–H groups in total. The number of nitrogens with one attached hydrogen (secondary N) is 1. The van der Waals surface area contributed by atoms with Crippen molar-refractivity contribution in [1.82, 2.24) is 24.6 Å². The highest BCUT2D eigenvalue weighted by atomic mass is 16.5. The molecule has 4 rings (SSSR count). The summed E-state index contributed by atoms with van der Waals surface area (Å²) in [5.74, 6) is 0.993. The molecular formula is C22H29N5O2. The fraction of sp³-hybridized carbons (Fsp3) is 0.500. The van der Waals surface area contributed by atoms with Gasteiger partial charge in [0.25, 0.3) is 0 Å². The molecule has 0 unspecified atom stereocenters. The average Bonchev–Trinajstić information content (AvgIpc) is 3.21. The fourth-order valence-corrected chi connectivity index (χ4v) is 4.27.